The van der Waals surface area contributed by atoms with Crippen LogP contribution >= 0.6 is 0 Å². The van der Waals surface area contributed by atoms with Crippen LogP contribution in [0.5, 0.6) is 0 Å². The van der Waals surface area contributed by atoms with E-state index in [1.165, 1.54) is 212 Å². The largest absolute Gasteiger partial charge is 0.0776 e. The van der Waals surface area contributed by atoms with Gasteiger partial charge >= 0.3 is 0 Å². The van der Waals surface area contributed by atoms with Crippen LogP contribution in [0.25, 0.3) is 0 Å². The molecule has 0 bridgehead atoms. The molecule has 324 valence electrons. The van der Waals surface area contributed by atoms with Gasteiger partial charge in [0.1, 0.15) is 0 Å². The van der Waals surface area contributed by atoms with E-state index in [9.17, 15) is 0 Å². The zero-order valence-electron chi connectivity index (χ0n) is 37.6. The Morgan fingerprint density at radius 3 is 0.528 bits per heavy atom. The Morgan fingerprint density at radius 1 is 0.189 bits per heavy atom. The second kappa shape index (κ2) is 44.7. The van der Waals surface area contributed by atoms with Gasteiger partial charge in [-0.05, 0) is 35.5 Å². The minimum absolute atomic E-state index is 0. The molecule has 0 aromatic heterocycles. The lowest BCUT2D eigenvalue weighted by molar-refractivity contribution is 0.210. The molecule has 0 radical (unpaired) electrons. The second-order valence-corrected chi connectivity index (χ2v) is 18.2. The van der Waals surface area contributed by atoms with E-state index in [2.05, 4.69) is 27.7 Å². The highest BCUT2D eigenvalue weighted by Gasteiger charge is 2.23. The fraction of sp³-hybridized carbons (Fsp3) is 1.00. The molecule has 6 aliphatic carbocycles. The highest BCUT2D eigenvalue weighted by atomic mass is 14.3. The lowest BCUT2D eigenvalue weighted by Crippen LogP contribution is -2.18. The van der Waals surface area contributed by atoms with Crippen molar-refractivity contribution in [2.24, 2.45) is 35.5 Å². The Bertz CT molecular complexity index is 542. The molecular formula is C53H112. The molecule has 0 spiro atoms. The monoisotopic (exact) mass is 749 g/mol. The average molecular weight is 749 g/mol. The highest BCUT2D eigenvalue weighted by Crippen LogP contribution is 2.36. The van der Waals surface area contributed by atoms with Gasteiger partial charge in [0, 0.05) is 0 Å². The molecule has 0 heteroatoms. The van der Waals surface area contributed by atoms with Crippen molar-refractivity contribution < 1.29 is 0 Å². The number of rotatable bonds is 1. The molecule has 0 heterocycles. The minimum atomic E-state index is 0. The Morgan fingerprint density at radius 2 is 0.321 bits per heavy atom. The van der Waals surface area contributed by atoms with Gasteiger partial charge in [-0.2, -0.15) is 0 Å². The zero-order chi connectivity index (χ0) is 37.6. The van der Waals surface area contributed by atoms with Crippen LogP contribution < -0.4 is 0 Å². The SMILES string of the molecule is C.C.C1CC1.CC.CC.CC1CCCC(C2CCCCCCC2)CCC1.CC1CCCCCCC1.CC1CCCCCCC1.CC1CCCCCCC1. The molecule has 0 nitrogen and oxygen atoms in total. The first-order valence-electron chi connectivity index (χ1n) is 25.0. The molecule has 0 unspecified atom stereocenters. The van der Waals surface area contributed by atoms with Crippen molar-refractivity contribution in [2.45, 2.75) is 308 Å². The third-order valence-corrected chi connectivity index (χ3v) is 12.9. The predicted molar refractivity (Wildman–Crippen MR) is 251 cm³/mol. The molecule has 0 amide bonds. The van der Waals surface area contributed by atoms with Crippen molar-refractivity contribution in [2.75, 3.05) is 0 Å². The van der Waals surface area contributed by atoms with Crippen LogP contribution in [-0.2, 0) is 0 Å². The van der Waals surface area contributed by atoms with E-state index in [0.29, 0.717) is 0 Å². The molecule has 0 atom stereocenters. The van der Waals surface area contributed by atoms with Crippen molar-refractivity contribution in [3.05, 3.63) is 0 Å². The fourth-order valence-corrected chi connectivity index (χ4v) is 9.16. The molecule has 6 saturated carbocycles. The molecule has 0 aromatic rings. The van der Waals surface area contributed by atoms with Crippen molar-refractivity contribution in [3.63, 3.8) is 0 Å². The van der Waals surface area contributed by atoms with Gasteiger partial charge in [0.2, 0.25) is 0 Å². The van der Waals surface area contributed by atoms with Gasteiger partial charge in [-0.3, -0.25) is 0 Å². The Kier molecular flexibility index (Phi) is 48.4. The van der Waals surface area contributed by atoms with Crippen molar-refractivity contribution in [1.82, 2.24) is 0 Å². The van der Waals surface area contributed by atoms with E-state index >= 15 is 0 Å². The molecule has 6 fully saturated rings. The summed E-state index contributed by atoms with van der Waals surface area (Å²) < 4.78 is 0. The number of hydrogen-bond donors (Lipinski definition) is 0. The summed E-state index contributed by atoms with van der Waals surface area (Å²) in [5.74, 6) is 6.26. The molecule has 0 aromatic carbocycles. The Hall–Kier alpha value is 0. The molecule has 6 rings (SSSR count). The fourth-order valence-electron chi connectivity index (χ4n) is 9.16. The van der Waals surface area contributed by atoms with Gasteiger partial charge in [0.05, 0.1) is 0 Å². The molecule has 0 N–H and O–H groups in total. The molecule has 0 saturated heterocycles. The summed E-state index contributed by atoms with van der Waals surface area (Å²) in [7, 11) is 0. The van der Waals surface area contributed by atoms with Crippen LogP contribution in [0.1, 0.15) is 308 Å². The standard InChI is InChI=1S/C17H32.3C9H18.C3H6.2C2H6.2CH4/c1-15-9-7-13-17(14-8-10-15)16-11-5-3-2-4-6-12-16;3*1-9-7-5-3-2-4-6-8-9;1-2-3-1;2*1-2;;/h15-17H,2-14H2,1H3;3*9H,2-8H2,1H3;1-3H2;2*1-2H3;2*1H4. The van der Waals surface area contributed by atoms with Gasteiger partial charge in [0.25, 0.3) is 0 Å². The predicted octanol–water partition coefficient (Wildman–Crippen LogP) is 20.5. The van der Waals surface area contributed by atoms with Gasteiger partial charge in [-0.15, -0.1) is 0 Å². The van der Waals surface area contributed by atoms with Gasteiger partial charge in [0.15, 0.2) is 0 Å². The van der Waals surface area contributed by atoms with Gasteiger partial charge in [-0.25, -0.2) is 0 Å². The Labute approximate surface area is 342 Å². The van der Waals surface area contributed by atoms with E-state index in [-0.39, 0.29) is 14.9 Å². The van der Waals surface area contributed by atoms with Crippen molar-refractivity contribution >= 4 is 0 Å². The lowest BCUT2D eigenvalue weighted by atomic mass is 9.75. The van der Waals surface area contributed by atoms with E-state index in [4.69, 9.17) is 0 Å². The summed E-state index contributed by atoms with van der Waals surface area (Å²) >= 11 is 0. The van der Waals surface area contributed by atoms with E-state index in [1.807, 2.05) is 27.7 Å². The summed E-state index contributed by atoms with van der Waals surface area (Å²) in [5, 5.41) is 0. The second-order valence-electron chi connectivity index (χ2n) is 18.2. The van der Waals surface area contributed by atoms with Crippen molar-refractivity contribution in [1.29, 1.82) is 0 Å². The maximum Gasteiger partial charge on any atom is -0.0386 e. The summed E-state index contributed by atoms with van der Waals surface area (Å²) in [4.78, 5) is 0. The Balaban J connectivity index is -0.000000606. The van der Waals surface area contributed by atoms with E-state index in [0.717, 1.165) is 35.5 Å². The van der Waals surface area contributed by atoms with Crippen molar-refractivity contribution in [3.8, 4) is 0 Å². The normalized spacial score (nSPS) is 25.4. The van der Waals surface area contributed by atoms with Crippen LogP contribution in [0, 0.1) is 35.5 Å². The third kappa shape index (κ3) is 40.0. The molecule has 6 aliphatic rings. The summed E-state index contributed by atoms with van der Waals surface area (Å²) in [6, 6.07) is 0. The van der Waals surface area contributed by atoms with E-state index < -0.39 is 0 Å². The topological polar surface area (TPSA) is 0 Å². The van der Waals surface area contributed by atoms with Crippen LogP contribution in [0.3, 0.4) is 0 Å². The quantitative estimate of drug-likeness (QED) is 0.250. The van der Waals surface area contributed by atoms with Crippen LogP contribution in [0.15, 0.2) is 0 Å². The summed E-state index contributed by atoms with van der Waals surface area (Å²) in [5.41, 5.74) is 0. The molecular weight excluding hydrogens is 637 g/mol. The minimum Gasteiger partial charge on any atom is -0.0776 e. The van der Waals surface area contributed by atoms with Crippen LogP contribution in [0.4, 0.5) is 0 Å². The van der Waals surface area contributed by atoms with E-state index in [1.54, 1.807) is 25.7 Å². The first-order chi connectivity index (χ1) is 25.0. The first kappa shape index (κ1) is 57.3. The lowest BCUT2D eigenvalue weighted by Gasteiger charge is -2.31. The summed E-state index contributed by atoms with van der Waals surface area (Å²) in [6.45, 7) is 17.6. The third-order valence-electron chi connectivity index (χ3n) is 12.9. The highest BCUT2D eigenvalue weighted by molar-refractivity contribution is 4.75. The molecule has 0 aliphatic heterocycles. The van der Waals surface area contributed by atoms with Crippen LogP contribution in [0.2, 0.25) is 0 Å². The zero-order valence-corrected chi connectivity index (χ0v) is 37.6. The molecule has 53 heavy (non-hydrogen) atoms. The smallest absolute Gasteiger partial charge is 0.0386 e. The number of hydrogen-bond acceptors (Lipinski definition) is 0. The van der Waals surface area contributed by atoms with Crippen LogP contribution in [-0.4, -0.2) is 0 Å². The first-order valence-corrected chi connectivity index (χ1v) is 25.0. The maximum absolute atomic E-state index is 2.45. The van der Waals surface area contributed by atoms with Gasteiger partial charge < -0.3 is 0 Å². The average Bonchev–Trinajstić information content (AvgIpc) is 3.98. The summed E-state index contributed by atoms with van der Waals surface area (Å²) in [6.07, 6.45) is 55.6. The van der Waals surface area contributed by atoms with Gasteiger partial charge in [-0.1, -0.05) is 308 Å². The maximum atomic E-state index is 2.45.